The molecule has 4 heteroatoms. The van der Waals surface area contributed by atoms with Crippen LogP contribution >= 0.6 is 0 Å². The smallest absolute Gasteiger partial charge is 0.237 e. The molecule has 0 radical (unpaired) electrons. The normalized spacial score (nSPS) is 10.7. The number of para-hydroxylation sites is 1. The van der Waals surface area contributed by atoms with Crippen LogP contribution in [0.5, 0.6) is 11.6 Å². The molecule has 0 atom stereocenters. The number of nitrogens with one attached hydrogen (secondary N) is 1. The Morgan fingerprint density at radius 3 is 2.53 bits per heavy atom. The Morgan fingerprint density at radius 1 is 1.11 bits per heavy atom. The van der Waals surface area contributed by atoms with Crippen molar-refractivity contribution in [2.24, 2.45) is 5.92 Å². The Hall–Kier alpha value is -1.94. The predicted molar refractivity (Wildman–Crippen MR) is 75.1 cm³/mol. The molecule has 19 heavy (non-hydrogen) atoms. The van der Waals surface area contributed by atoms with Crippen molar-refractivity contribution < 1.29 is 4.74 Å². The van der Waals surface area contributed by atoms with E-state index in [4.69, 9.17) is 4.74 Å². The van der Waals surface area contributed by atoms with Gasteiger partial charge in [0.15, 0.2) is 0 Å². The quantitative estimate of drug-likeness (QED) is 0.864. The molecule has 0 fully saturated rings. The highest BCUT2D eigenvalue weighted by Crippen LogP contribution is 2.17. The standard InChI is InChI=1S/C15H19N3O/c1-12(2)8-16-9-13-10-18-15(11-17-13)19-14-6-4-3-5-7-14/h3-7,10-12,16H,8-9H2,1-2H3. The summed E-state index contributed by atoms with van der Waals surface area (Å²) in [6.45, 7) is 6.06. The molecule has 0 spiro atoms. The second-order valence-electron chi connectivity index (χ2n) is 4.79. The van der Waals surface area contributed by atoms with E-state index in [2.05, 4.69) is 29.1 Å². The zero-order chi connectivity index (χ0) is 13.5. The molecule has 0 aliphatic rings. The third-order valence-corrected chi connectivity index (χ3v) is 2.51. The van der Waals surface area contributed by atoms with Gasteiger partial charge < -0.3 is 10.1 Å². The lowest BCUT2D eigenvalue weighted by molar-refractivity contribution is 0.458. The van der Waals surface area contributed by atoms with E-state index in [1.807, 2.05) is 30.3 Å². The first-order valence-corrected chi connectivity index (χ1v) is 6.48. The molecule has 4 nitrogen and oxygen atoms in total. The largest absolute Gasteiger partial charge is 0.438 e. The summed E-state index contributed by atoms with van der Waals surface area (Å²) in [6, 6.07) is 9.57. The van der Waals surface area contributed by atoms with Crippen LogP contribution in [0.15, 0.2) is 42.7 Å². The van der Waals surface area contributed by atoms with Gasteiger partial charge in [-0.1, -0.05) is 32.0 Å². The molecule has 0 amide bonds. The monoisotopic (exact) mass is 257 g/mol. The zero-order valence-electron chi connectivity index (χ0n) is 11.3. The third-order valence-electron chi connectivity index (χ3n) is 2.51. The maximum Gasteiger partial charge on any atom is 0.237 e. The molecular weight excluding hydrogens is 238 g/mol. The minimum Gasteiger partial charge on any atom is -0.438 e. The van der Waals surface area contributed by atoms with Crippen molar-refractivity contribution in [3.63, 3.8) is 0 Å². The molecule has 0 aliphatic heterocycles. The minimum absolute atomic E-state index is 0.513. The average molecular weight is 257 g/mol. The fourth-order valence-corrected chi connectivity index (χ4v) is 1.59. The van der Waals surface area contributed by atoms with Crippen molar-refractivity contribution in [2.75, 3.05) is 6.54 Å². The third kappa shape index (κ3) is 4.67. The maximum absolute atomic E-state index is 5.58. The summed E-state index contributed by atoms with van der Waals surface area (Å²) in [5, 5.41) is 3.33. The molecule has 100 valence electrons. The SMILES string of the molecule is CC(C)CNCc1cnc(Oc2ccccc2)cn1. The number of nitrogens with zero attached hydrogens (tertiary/aromatic N) is 2. The summed E-state index contributed by atoms with van der Waals surface area (Å²) < 4.78 is 5.58. The van der Waals surface area contributed by atoms with E-state index in [1.54, 1.807) is 12.4 Å². The van der Waals surface area contributed by atoms with Crippen molar-refractivity contribution in [1.29, 1.82) is 0 Å². The van der Waals surface area contributed by atoms with Crippen LogP contribution in [0.25, 0.3) is 0 Å². The van der Waals surface area contributed by atoms with E-state index in [0.29, 0.717) is 11.8 Å². The van der Waals surface area contributed by atoms with E-state index >= 15 is 0 Å². The van der Waals surface area contributed by atoms with Gasteiger partial charge in [0.2, 0.25) is 5.88 Å². The van der Waals surface area contributed by atoms with Gasteiger partial charge in [0.1, 0.15) is 5.75 Å². The molecule has 0 saturated carbocycles. The lowest BCUT2D eigenvalue weighted by atomic mass is 10.2. The second kappa shape index (κ2) is 6.85. The first kappa shape index (κ1) is 13.5. The highest BCUT2D eigenvalue weighted by molar-refractivity contribution is 5.25. The summed E-state index contributed by atoms with van der Waals surface area (Å²) in [7, 11) is 0. The fourth-order valence-electron chi connectivity index (χ4n) is 1.59. The van der Waals surface area contributed by atoms with E-state index in [0.717, 1.165) is 24.5 Å². The molecule has 2 rings (SSSR count). The number of hydrogen-bond acceptors (Lipinski definition) is 4. The summed E-state index contributed by atoms with van der Waals surface area (Å²) in [6.07, 6.45) is 3.39. The number of rotatable bonds is 6. The first-order chi connectivity index (χ1) is 9.24. The van der Waals surface area contributed by atoms with Gasteiger partial charge >= 0.3 is 0 Å². The summed E-state index contributed by atoms with van der Waals surface area (Å²) >= 11 is 0. The molecule has 0 aliphatic carbocycles. The fraction of sp³-hybridized carbons (Fsp3) is 0.333. The Balaban J connectivity index is 1.88. The topological polar surface area (TPSA) is 47.0 Å². The summed E-state index contributed by atoms with van der Waals surface area (Å²) in [5.41, 5.74) is 0.918. The summed E-state index contributed by atoms with van der Waals surface area (Å²) in [5.74, 6) is 1.91. The van der Waals surface area contributed by atoms with Crippen molar-refractivity contribution >= 4 is 0 Å². The van der Waals surface area contributed by atoms with Crippen molar-refractivity contribution in [3.8, 4) is 11.6 Å². The van der Waals surface area contributed by atoms with Crippen LogP contribution in [-0.2, 0) is 6.54 Å². The van der Waals surface area contributed by atoms with Gasteiger partial charge in [-0.2, -0.15) is 0 Å². The van der Waals surface area contributed by atoms with Gasteiger partial charge in [-0.25, -0.2) is 4.98 Å². The Bertz CT molecular complexity index is 483. The predicted octanol–water partition coefficient (Wildman–Crippen LogP) is 3.01. The van der Waals surface area contributed by atoms with Gasteiger partial charge in [0.05, 0.1) is 18.1 Å². The molecule has 2 aromatic rings. The summed E-state index contributed by atoms with van der Waals surface area (Å²) in [4.78, 5) is 8.57. The van der Waals surface area contributed by atoms with Crippen LogP contribution in [0.1, 0.15) is 19.5 Å². The van der Waals surface area contributed by atoms with Crippen LogP contribution in [0.2, 0.25) is 0 Å². The van der Waals surface area contributed by atoms with E-state index < -0.39 is 0 Å². The van der Waals surface area contributed by atoms with Crippen LogP contribution in [0.4, 0.5) is 0 Å². The average Bonchev–Trinajstić information content (AvgIpc) is 2.42. The van der Waals surface area contributed by atoms with Crippen molar-refractivity contribution in [2.45, 2.75) is 20.4 Å². The zero-order valence-corrected chi connectivity index (χ0v) is 11.3. The first-order valence-electron chi connectivity index (χ1n) is 6.48. The Kier molecular flexibility index (Phi) is 4.86. The lowest BCUT2D eigenvalue weighted by Crippen LogP contribution is -2.19. The molecular formula is C15H19N3O. The molecule has 0 unspecified atom stereocenters. The van der Waals surface area contributed by atoms with Crippen LogP contribution in [0, 0.1) is 5.92 Å². The maximum atomic E-state index is 5.58. The van der Waals surface area contributed by atoms with Crippen molar-refractivity contribution in [1.82, 2.24) is 15.3 Å². The van der Waals surface area contributed by atoms with Gasteiger partial charge in [-0.3, -0.25) is 4.98 Å². The highest BCUT2D eigenvalue weighted by atomic mass is 16.5. The van der Waals surface area contributed by atoms with Crippen LogP contribution < -0.4 is 10.1 Å². The second-order valence-corrected chi connectivity index (χ2v) is 4.79. The van der Waals surface area contributed by atoms with Crippen LogP contribution in [-0.4, -0.2) is 16.5 Å². The van der Waals surface area contributed by atoms with Crippen molar-refractivity contribution in [3.05, 3.63) is 48.4 Å². The van der Waals surface area contributed by atoms with Gasteiger partial charge in [0, 0.05) is 6.54 Å². The van der Waals surface area contributed by atoms with E-state index in [1.165, 1.54) is 0 Å². The van der Waals surface area contributed by atoms with Gasteiger partial charge in [0.25, 0.3) is 0 Å². The molecule has 1 heterocycles. The van der Waals surface area contributed by atoms with E-state index in [-0.39, 0.29) is 0 Å². The molecule has 1 aromatic carbocycles. The lowest BCUT2D eigenvalue weighted by Gasteiger charge is -2.07. The number of hydrogen-bond donors (Lipinski definition) is 1. The molecule has 1 aromatic heterocycles. The molecule has 0 bridgehead atoms. The van der Waals surface area contributed by atoms with Gasteiger partial charge in [-0.15, -0.1) is 0 Å². The number of ether oxygens (including phenoxy) is 1. The Labute approximate surface area is 113 Å². The highest BCUT2D eigenvalue weighted by Gasteiger charge is 2.00. The molecule has 1 N–H and O–H groups in total. The number of aromatic nitrogens is 2. The Morgan fingerprint density at radius 2 is 1.89 bits per heavy atom. The van der Waals surface area contributed by atoms with E-state index in [9.17, 15) is 0 Å². The molecule has 0 saturated heterocycles. The van der Waals surface area contributed by atoms with Gasteiger partial charge in [-0.05, 0) is 24.6 Å². The number of benzene rings is 1. The van der Waals surface area contributed by atoms with Crippen LogP contribution in [0.3, 0.4) is 0 Å². The minimum atomic E-state index is 0.513.